The van der Waals surface area contributed by atoms with E-state index in [2.05, 4.69) is 5.32 Å². The molecule has 1 aromatic carbocycles. The number of amides is 2. The zero-order valence-electron chi connectivity index (χ0n) is 12.8. The van der Waals surface area contributed by atoms with Gasteiger partial charge < -0.3 is 16.0 Å². The predicted octanol–water partition coefficient (Wildman–Crippen LogP) is 2.89. The Morgan fingerprint density at radius 3 is 2.57 bits per heavy atom. The van der Waals surface area contributed by atoms with Crippen molar-refractivity contribution in [3.8, 4) is 0 Å². The number of nitrogens with one attached hydrogen (secondary N) is 1. The van der Waals surface area contributed by atoms with Gasteiger partial charge in [-0.05, 0) is 36.6 Å². The first kappa shape index (κ1) is 22.3. The van der Waals surface area contributed by atoms with Gasteiger partial charge in [-0.15, -0.1) is 12.4 Å². The topological polar surface area (TPSA) is 75.4 Å². The second-order valence-electron chi connectivity index (χ2n) is 4.76. The largest absolute Gasteiger partial charge is 0.335 e. The monoisotopic (exact) mass is 399 g/mol. The van der Waals surface area contributed by atoms with Crippen LogP contribution in [-0.2, 0) is 9.59 Å². The molecule has 0 fully saturated rings. The van der Waals surface area contributed by atoms with Crippen molar-refractivity contribution in [2.45, 2.75) is 12.5 Å². The molecule has 0 saturated carbocycles. The van der Waals surface area contributed by atoms with E-state index in [9.17, 15) is 9.59 Å². The van der Waals surface area contributed by atoms with Crippen LogP contribution in [0.15, 0.2) is 18.2 Å². The van der Waals surface area contributed by atoms with Crippen LogP contribution in [0.5, 0.6) is 0 Å². The fourth-order valence-electron chi connectivity index (χ4n) is 1.72. The van der Waals surface area contributed by atoms with Gasteiger partial charge >= 0.3 is 0 Å². The van der Waals surface area contributed by atoms with Crippen LogP contribution in [0.25, 0.3) is 0 Å². The van der Waals surface area contributed by atoms with Crippen LogP contribution in [0.1, 0.15) is 6.42 Å². The van der Waals surface area contributed by atoms with Crippen LogP contribution >= 0.6 is 47.4 Å². The number of carbonyl (C=O) groups is 2. The lowest BCUT2D eigenvalue weighted by Crippen LogP contribution is -2.45. The Bertz CT molecular complexity index is 546. The lowest BCUT2D eigenvalue weighted by Gasteiger charge is -2.20. The molecule has 130 valence electrons. The van der Waals surface area contributed by atoms with Gasteiger partial charge in [-0.2, -0.15) is 11.8 Å². The molecule has 1 unspecified atom stereocenters. The molecule has 0 saturated heterocycles. The summed E-state index contributed by atoms with van der Waals surface area (Å²) in [4.78, 5) is 25.3. The standard InChI is InChI=1S/C14H19Cl2N3O2S.ClH/c1-19(14(21)12(17)5-6-22-2)8-13(20)18-9-3-4-10(15)11(16)7-9;/h3-4,7,12H,5-6,8,17H2,1-2H3,(H,18,20);1H. The molecule has 23 heavy (non-hydrogen) atoms. The van der Waals surface area contributed by atoms with Crippen molar-refractivity contribution in [2.75, 3.05) is 30.9 Å². The van der Waals surface area contributed by atoms with Gasteiger partial charge in [0.1, 0.15) is 0 Å². The van der Waals surface area contributed by atoms with E-state index in [0.717, 1.165) is 5.75 Å². The number of likely N-dealkylation sites (N-methyl/N-ethyl adjacent to an activating group) is 1. The maximum atomic E-state index is 12.0. The van der Waals surface area contributed by atoms with Crippen molar-refractivity contribution in [3.63, 3.8) is 0 Å². The highest BCUT2D eigenvalue weighted by Crippen LogP contribution is 2.24. The van der Waals surface area contributed by atoms with Crippen LogP contribution < -0.4 is 11.1 Å². The van der Waals surface area contributed by atoms with Gasteiger partial charge in [0.2, 0.25) is 11.8 Å². The molecule has 0 bridgehead atoms. The van der Waals surface area contributed by atoms with Crippen LogP contribution in [0.4, 0.5) is 5.69 Å². The number of carbonyl (C=O) groups excluding carboxylic acids is 2. The number of rotatable bonds is 7. The quantitative estimate of drug-likeness (QED) is 0.738. The molecule has 0 aliphatic carbocycles. The van der Waals surface area contributed by atoms with E-state index in [0.29, 0.717) is 22.2 Å². The summed E-state index contributed by atoms with van der Waals surface area (Å²) in [6.07, 6.45) is 2.53. The zero-order chi connectivity index (χ0) is 16.7. The van der Waals surface area contributed by atoms with Crippen molar-refractivity contribution >= 4 is 64.9 Å². The molecular weight excluding hydrogens is 381 g/mol. The van der Waals surface area contributed by atoms with Gasteiger partial charge in [0.25, 0.3) is 0 Å². The minimum absolute atomic E-state index is 0. The van der Waals surface area contributed by atoms with Crippen molar-refractivity contribution in [1.29, 1.82) is 0 Å². The Labute approximate surface area is 156 Å². The van der Waals surface area contributed by atoms with E-state index in [4.69, 9.17) is 28.9 Å². The Morgan fingerprint density at radius 2 is 2.00 bits per heavy atom. The number of halogens is 3. The highest BCUT2D eigenvalue weighted by molar-refractivity contribution is 7.98. The van der Waals surface area contributed by atoms with Gasteiger partial charge in [-0.25, -0.2) is 0 Å². The van der Waals surface area contributed by atoms with Crippen LogP contribution in [0.3, 0.4) is 0 Å². The number of benzene rings is 1. The molecule has 0 radical (unpaired) electrons. The first-order valence-corrected chi connectivity index (χ1v) is 8.74. The first-order chi connectivity index (χ1) is 10.3. The fraction of sp³-hybridized carbons (Fsp3) is 0.429. The van der Waals surface area contributed by atoms with Crippen LogP contribution in [0.2, 0.25) is 10.0 Å². The molecule has 0 aromatic heterocycles. The summed E-state index contributed by atoms with van der Waals surface area (Å²) in [6.45, 7) is -0.0773. The van der Waals surface area contributed by atoms with E-state index < -0.39 is 6.04 Å². The van der Waals surface area contributed by atoms with Crippen molar-refractivity contribution < 1.29 is 9.59 Å². The maximum Gasteiger partial charge on any atom is 0.243 e. The third kappa shape index (κ3) is 7.63. The fourth-order valence-corrected chi connectivity index (χ4v) is 2.51. The summed E-state index contributed by atoms with van der Waals surface area (Å²) < 4.78 is 0. The van der Waals surface area contributed by atoms with E-state index in [-0.39, 0.29) is 30.8 Å². The summed E-state index contributed by atoms with van der Waals surface area (Å²) in [5.41, 5.74) is 6.32. The highest BCUT2D eigenvalue weighted by Gasteiger charge is 2.19. The normalized spacial score (nSPS) is 11.3. The van der Waals surface area contributed by atoms with Gasteiger partial charge in [0, 0.05) is 12.7 Å². The van der Waals surface area contributed by atoms with E-state index in [1.165, 1.54) is 4.90 Å². The predicted molar refractivity (Wildman–Crippen MR) is 101 cm³/mol. The summed E-state index contributed by atoms with van der Waals surface area (Å²) in [6, 6.07) is 4.19. The van der Waals surface area contributed by atoms with Crippen LogP contribution in [0, 0.1) is 0 Å². The SMILES string of the molecule is CSCCC(N)C(=O)N(C)CC(=O)Nc1ccc(Cl)c(Cl)c1.Cl. The minimum atomic E-state index is -0.588. The van der Waals surface area contributed by atoms with E-state index in [1.807, 2.05) is 6.26 Å². The van der Waals surface area contributed by atoms with Gasteiger partial charge in [0.15, 0.2) is 0 Å². The zero-order valence-corrected chi connectivity index (χ0v) is 16.0. The Balaban J connectivity index is 0.00000484. The number of hydrogen-bond acceptors (Lipinski definition) is 4. The maximum absolute atomic E-state index is 12.0. The Morgan fingerprint density at radius 1 is 1.35 bits per heavy atom. The minimum Gasteiger partial charge on any atom is -0.335 e. The summed E-state index contributed by atoms with van der Waals surface area (Å²) >= 11 is 13.3. The molecule has 5 nitrogen and oxygen atoms in total. The average Bonchev–Trinajstić information content (AvgIpc) is 2.47. The van der Waals surface area contributed by atoms with Gasteiger partial charge in [-0.1, -0.05) is 23.2 Å². The van der Waals surface area contributed by atoms with E-state index in [1.54, 1.807) is 37.0 Å². The van der Waals surface area contributed by atoms with Gasteiger partial charge in [0.05, 0.1) is 22.6 Å². The molecule has 0 spiro atoms. The molecule has 1 atom stereocenters. The van der Waals surface area contributed by atoms with E-state index >= 15 is 0 Å². The van der Waals surface area contributed by atoms with Crippen molar-refractivity contribution in [3.05, 3.63) is 28.2 Å². The second-order valence-corrected chi connectivity index (χ2v) is 6.56. The summed E-state index contributed by atoms with van der Waals surface area (Å²) in [7, 11) is 1.55. The van der Waals surface area contributed by atoms with Crippen molar-refractivity contribution in [2.24, 2.45) is 5.73 Å². The molecule has 2 amide bonds. The first-order valence-electron chi connectivity index (χ1n) is 6.59. The molecule has 3 N–H and O–H groups in total. The molecule has 1 rings (SSSR count). The smallest absolute Gasteiger partial charge is 0.243 e. The number of hydrogen-bond donors (Lipinski definition) is 2. The molecule has 0 aliphatic heterocycles. The van der Waals surface area contributed by atoms with Crippen LogP contribution in [-0.4, -0.2) is 48.4 Å². The third-order valence-corrected chi connectivity index (χ3v) is 4.29. The average molecular weight is 401 g/mol. The number of anilines is 1. The third-order valence-electron chi connectivity index (χ3n) is 2.91. The summed E-state index contributed by atoms with van der Waals surface area (Å²) in [5.74, 6) is 0.223. The van der Waals surface area contributed by atoms with Gasteiger partial charge in [-0.3, -0.25) is 9.59 Å². The second kappa shape index (κ2) is 11.0. The molecule has 1 aromatic rings. The lowest BCUT2D eigenvalue weighted by molar-refractivity contribution is -0.134. The Hall–Kier alpha value is -0.660. The highest BCUT2D eigenvalue weighted by atomic mass is 35.5. The lowest BCUT2D eigenvalue weighted by atomic mass is 10.2. The molecule has 0 aliphatic rings. The number of nitrogens with two attached hydrogens (primary N) is 1. The summed E-state index contributed by atoms with van der Waals surface area (Å²) in [5, 5.41) is 3.42. The molecule has 9 heteroatoms. The number of thioether (sulfide) groups is 1. The number of nitrogens with zero attached hydrogens (tertiary/aromatic N) is 1. The molecular formula is C14H20Cl3N3O2S. The Kier molecular flexibility index (Phi) is 10.7. The van der Waals surface area contributed by atoms with Crippen molar-refractivity contribution in [1.82, 2.24) is 4.90 Å². The molecule has 0 heterocycles.